The first-order valence-electron chi connectivity index (χ1n) is 7.97. The first-order valence-corrected chi connectivity index (χ1v) is 8.35. The zero-order chi connectivity index (χ0) is 17.6. The minimum Gasteiger partial charge on any atom is -0.378 e. The van der Waals surface area contributed by atoms with Crippen LogP contribution in [-0.4, -0.2) is 5.78 Å². The summed E-state index contributed by atoms with van der Waals surface area (Å²) in [4.78, 5) is 12.6. The maximum Gasteiger partial charge on any atom is 0.165 e. The van der Waals surface area contributed by atoms with E-state index in [-0.39, 0.29) is 24.1 Å². The van der Waals surface area contributed by atoms with E-state index < -0.39 is 0 Å². The molecule has 0 bridgehead atoms. The van der Waals surface area contributed by atoms with E-state index in [1.807, 2.05) is 30.3 Å². The Hall–Kier alpha value is -2.65. The number of carbonyl (C=O) groups is 1. The molecule has 0 spiro atoms. The van der Waals surface area contributed by atoms with Gasteiger partial charge < -0.3 is 5.32 Å². The molecule has 0 saturated carbocycles. The second-order valence-electron chi connectivity index (χ2n) is 5.75. The van der Waals surface area contributed by atoms with Gasteiger partial charge in [-0.3, -0.25) is 4.79 Å². The number of benzene rings is 3. The Balaban J connectivity index is 1.86. The number of ketones is 1. The van der Waals surface area contributed by atoms with Gasteiger partial charge in [-0.2, -0.15) is 0 Å². The summed E-state index contributed by atoms with van der Waals surface area (Å²) in [7, 11) is 0. The highest BCUT2D eigenvalue weighted by atomic mass is 35.5. The maximum atomic E-state index is 13.3. The van der Waals surface area contributed by atoms with Crippen molar-refractivity contribution in [3.8, 4) is 0 Å². The van der Waals surface area contributed by atoms with E-state index in [9.17, 15) is 9.18 Å². The number of carbonyl (C=O) groups excluding carboxylic acids is 1. The fraction of sp³-hybridized carbons (Fsp3) is 0.0952. The first-order chi connectivity index (χ1) is 12.1. The van der Waals surface area contributed by atoms with Crippen LogP contribution in [0.4, 0.5) is 10.1 Å². The van der Waals surface area contributed by atoms with Crippen molar-refractivity contribution >= 4 is 23.1 Å². The molecule has 126 valence electrons. The van der Waals surface area contributed by atoms with E-state index in [0.29, 0.717) is 10.6 Å². The molecule has 25 heavy (non-hydrogen) atoms. The van der Waals surface area contributed by atoms with Crippen LogP contribution in [0.15, 0.2) is 78.9 Å². The van der Waals surface area contributed by atoms with Gasteiger partial charge in [-0.05, 0) is 35.9 Å². The van der Waals surface area contributed by atoms with Crippen molar-refractivity contribution in [1.82, 2.24) is 0 Å². The average Bonchev–Trinajstić information content (AvgIpc) is 2.62. The number of Topliss-reactive ketones (excluding diaryl/α,β-unsaturated/α-hetero) is 1. The SMILES string of the molecule is O=C(C[C@H](Nc1cccc(Cl)c1)c1ccc(F)cc1)c1ccccc1. The van der Waals surface area contributed by atoms with Gasteiger partial charge in [-0.1, -0.05) is 60.1 Å². The van der Waals surface area contributed by atoms with Crippen LogP contribution in [0.1, 0.15) is 28.4 Å². The molecule has 1 atom stereocenters. The van der Waals surface area contributed by atoms with Crippen molar-refractivity contribution < 1.29 is 9.18 Å². The lowest BCUT2D eigenvalue weighted by atomic mass is 9.97. The molecule has 3 rings (SSSR count). The van der Waals surface area contributed by atoms with Crippen LogP contribution in [-0.2, 0) is 0 Å². The fourth-order valence-corrected chi connectivity index (χ4v) is 2.84. The Labute approximate surface area is 151 Å². The predicted octanol–water partition coefficient (Wildman–Crippen LogP) is 5.91. The van der Waals surface area contributed by atoms with Crippen molar-refractivity contribution in [2.24, 2.45) is 0 Å². The molecule has 0 unspecified atom stereocenters. The third-order valence-corrected chi connectivity index (χ3v) is 4.16. The summed E-state index contributed by atoms with van der Waals surface area (Å²) in [6.07, 6.45) is 0.252. The summed E-state index contributed by atoms with van der Waals surface area (Å²) in [6, 6.07) is 22.3. The van der Waals surface area contributed by atoms with Gasteiger partial charge in [0, 0.05) is 22.7 Å². The van der Waals surface area contributed by atoms with Crippen LogP contribution in [0.25, 0.3) is 0 Å². The molecule has 1 N–H and O–H groups in total. The monoisotopic (exact) mass is 353 g/mol. The summed E-state index contributed by atoms with van der Waals surface area (Å²) < 4.78 is 13.3. The van der Waals surface area contributed by atoms with Gasteiger partial charge in [0.05, 0.1) is 6.04 Å². The Kier molecular flexibility index (Phi) is 5.46. The fourth-order valence-electron chi connectivity index (χ4n) is 2.65. The van der Waals surface area contributed by atoms with E-state index in [4.69, 9.17) is 11.6 Å². The molecule has 2 nitrogen and oxygen atoms in total. The Bertz CT molecular complexity index is 849. The molecule has 0 aliphatic heterocycles. The zero-order valence-corrected chi connectivity index (χ0v) is 14.2. The minimum atomic E-state index is -0.306. The number of rotatable bonds is 6. The van der Waals surface area contributed by atoms with Crippen molar-refractivity contribution in [3.63, 3.8) is 0 Å². The summed E-state index contributed by atoms with van der Waals surface area (Å²) in [5, 5.41) is 3.94. The average molecular weight is 354 g/mol. The molecule has 0 radical (unpaired) electrons. The zero-order valence-electron chi connectivity index (χ0n) is 13.5. The minimum absolute atomic E-state index is 0.0180. The van der Waals surface area contributed by atoms with Crippen LogP contribution >= 0.6 is 11.6 Å². The highest BCUT2D eigenvalue weighted by molar-refractivity contribution is 6.30. The topological polar surface area (TPSA) is 29.1 Å². The van der Waals surface area contributed by atoms with Crippen molar-refractivity contribution in [2.45, 2.75) is 12.5 Å². The summed E-state index contributed by atoms with van der Waals surface area (Å²) in [5.41, 5.74) is 2.30. The van der Waals surface area contributed by atoms with Crippen molar-refractivity contribution in [1.29, 1.82) is 0 Å². The molecule has 0 amide bonds. The number of anilines is 1. The van der Waals surface area contributed by atoms with Crippen molar-refractivity contribution in [2.75, 3.05) is 5.32 Å². The van der Waals surface area contributed by atoms with Crippen LogP contribution < -0.4 is 5.32 Å². The largest absolute Gasteiger partial charge is 0.378 e. The second-order valence-corrected chi connectivity index (χ2v) is 6.19. The van der Waals surface area contributed by atoms with Gasteiger partial charge in [-0.25, -0.2) is 4.39 Å². The molecule has 4 heteroatoms. The van der Waals surface area contributed by atoms with E-state index in [1.54, 1.807) is 36.4 Å². The third kappa shape index (κ3) is 4.68. The highest BCUT2D eigenvalue weighted by Crippen LogP contribution is 2.26. The van der Waals surface area contributed by atoms with E-state index >= 15 is 0 Å². The molecule has 0 aliphatic carbocycles. The number of hydrogen-bond donors (Lipinski definition) is 1. The molecule has 0 fully saturated rings. The summed E-state index contributed by atoms with van der Waals surface area (Å²) >= 11 is 6.04. The molecular formula is C21H17ClFNO. The normalized spacial score (nSPS) is 11.8. The Morgan fingerprint density at radius 3 is 2.36 bits per heavy atom. The molecule has 0 aliphatic rings. The molecule has 3 aromatic carbocycles. The lowest BCUT2D eigenvalue weighted by Crippen LogP contribution is -2.16. The highest BCUT2D eigenvalue weighted by Gasteiger charge is 2.17. The van der Waals surface area contributed by atoms with E-state index in [2.05, 4.69) is 5.32 Å². The van der Waals surface area contributed by atoms with Crippen molar-refractivity contribution in [3.05, 3.63) is 101 Å². The molecule has 3 aromatic rings. The van der Waals surface area contributed by atoms with Gasteiger partial charge in [0.15, 0.2) is 5.78 Å². The Morgan fingerprint density at radius 2 is 1.68 bits per heavy atom. The maximum absolute atomic E-state index is 13.3. The van der Waals surface area contributed by atoms with E-state index in [0.717, 1.165) is 11.3 Å². The lowest BCUT2D eigenvalue weighted by Gasteiger charge is -2.20. The third-order valence-electron chi connectivity index (χ3n) is 3.92. The molecular weight excluding hydrogens is 337 g/mol. The number of halogens is 2. The Morgan fingerprint density at radius 1 is 0.960 bits per heavy atom. The van der Waals surface area contributed by atoms with Crippen LogP contribution in [0.5, 0.6) is 0 Å². The second kappa shape index (κ2) is 7.95. The quantitative estimate of drug-likeness (QED) is 0.558. The van der Waals surface area contributed by atoms with Crippen LogP contribution in [0, 0.1) is 5.82 Å². The summed E-state index contributed by atoms with van der Waals surface area (Å²) in [5.74, 6) is -0.288. The molecule has 0 heterocycles. The standard InChI is InChI=1S/C21H17ClFNO/c22-17-7-4-8-19(13-17)24-20(15-9-11-18(23)12-10-15)14-21(25)16-5-2-1-3-6-16/h1-13,20,24H,14H2/t20-/m0/s1. The van der Waals surface area contributed by atoms with Crippen LogP contribution in [0.3, 0.4) is 0 Å². The molecule has 0 aromatic heterocycles. The van der Waals surface area contributed by atoms with Crippen LogP contribution in [0.2, 0.25) is 5.02 Å². The number of hydrogen-bond acceptors (Lipinski definition) is 2. The summed E-state index contributed by atoms with van der Waals surface area (Å²) in [6.45, 7) is 0. The van der Waals surface area contributed by atoms with Gasteiger partial charge in [-0.15, -0.1) is 0 Å². The number of nitrogens with one attached hydrogen (secondary N) is 1. The van der Waals surface area contributed by atoms with Gasteiger partial charge >= 0.3 is 0 Å². The lowest BCUT2D eigenvalue weighted by molar-refractivity contribution is 0.0976. The van der Waals surface area contributed by atoms with E-state index in [1.165, 1.54) is 12.1 Å². The van der Waals surface area contributed by atoms with Gasteiger partial charge in [0.2, 0.25) is 0 Å². The smallest absolute Gasteiger partial charge is 0.165 e. The first kappa shape index (κ1) is 17.2. The predicted molar refractivity (Wildman–Crippen MR) is 99.6 cm³/mol. The molecule has 0 saturated heterocycles. The van der Waals surface area contributed by atoms with Gasteiger partial charge in [0.1, 0.15) is 5.82 Å². The van der Waals surface area contributed by atoms with Gasteiger partial charge in [0.25, 0.3) is 0 Å².